The van der Waals surface area contributed by atoms with Gasteiger partial charge in [0.05, 0.1) is 30.5 Å². The molecule has 0 spiro atoms. The smallest absolute Gasteiger partial charge is 0.277 e. The highest BCUT2D eigenvalue weighted by molar-refractivity contribution is 6.12. The summed E-state index contributed by atoms with van der Waals surface area (Å²) in [5.74, 6) is -1.59. The van der Waals surface area contributed by atoms with Crippen LogP contribution in [0, 0.1) is 18.6 Å². The number of carbonyl (C=O) groups is 1. The Morgan fingerprint density at radius 2 is 1.80 bits per heavy atom. The molecule has 2 saturated heterocycles. The first-order valence-electron chi connectivity index (χ1n) is 10.1. The van der Waals surface area contributed by atoms with Gasteiger partial charge in [-0.25, -0.2) is 8.78 Å². The van der Waals surface area contributed by atoms with Crippen LogP contribution in [0.1, 0.15) is 12.5 Å². The maximum Gasteiger partial charge on any atom is 0.277 e. The molecule has 5 rings (SSSR count). The van der Waals surface area contributed by atoms with Crippen LogP contribution in [0.25, 0.3) is 10.9 Å². The number of piperazine rings is 1. The summed E-state index contributed by atoms with van der Waals surface area (Å²) in [6, 6.07) is 0.618. The van der Waals surface area contributed by atoms with Gasteiger partial charge in [0, 0.05) is 37.1 Å². The van der Waals surface area contributed by atoms with Gasteiger partial charge in [-0.2, -0.15) is 0 Å². The fourth-order valence-corrected chi connectivity index (χ4v) is 4.78. The second-order valence-electron chi connectivity index (χ2n) is 8.61. The lowest BCUT2D eigenvalue weighted by molar-refractivity contribution is -0.124. The standard InChI is InChI=1S/C21H24F2N4O3/c1-10-6-26-15(7-24(10)3)20(28)27(12-8-30-9-12)19-18(26)13-5-14(22)11(2)16(23)17(13)25(4)21(19)29/h5,10,12,15H,6-9H2,1-4H3. The zero-order valence-electron chi connectivity index (χ0n) is 17.4. The molecule has 1 aromatic carbocycles. The number of hydrogen-bond donors (Lipinski definition) is 0. The number of anilines is 2. The molecule has 0 radical (unpaired) electrons. The van der Waals surface area contributed by atoms with Crippen LogP contribution in [0.2, 0.25) is 0 Å². The van der Waals surface area contributed by atoms with Crippen LogP contribution >= 0.6 is 0 Å². The molecule has 1 aromatic heterocycles. The van der Waals surface area contributed by atoms with Gasteiger partial charge in [0.1, 0.15) is 17.5 Å². The van der Waals surface area contributed by atoms with Crippen LogP contribution in [0.15, 0.2) is 10.9 Å². The van der Waals surface area contributed by atoms with Crippen molar-refractivity contribution in [2.75, 3.05) is 43.2 Å². The first-order chi connectivity index (χ1) is 14.2. The minimum absolute atomic E-state index is 0.0575. The molecular weight excluding hydrogens is 394 g/mol. The van der Waals surface area contributed by atoms with E-state index in [0.29, 0.717) is 37.4 Å². The SMILES string of the molecule is Cc1c(F)cc2c3c(c(=O)n(C)c2c1F)N(C1COC1)C(=O)C1CN(C)C(C)CN31. The number of benzene rings is 1. The summed E-state index contributed by atoms with van der Waals surface area (Å²) in [5, 5.41) is 0.312. The number of nitrogens with zero attached hydrogens (tertiary/aromatic N) is 4. The van der Waals surface area contributed by atoms with Gasteiger partial charge in [0.25, 0.3) is 11.5 Å². The van der Waals surface area contributed by atoms with E-state index in [1.165, 1.54) is 29.5 Å². The van der Waals surface area contributed by atoms with E-state index >= 15 is 4.39 Å². The Morgan fingerprint density at radius 1 is 1.10 bits per heavy atom. The van der Waals surface area contributed by atoms with E-state index in [1.54, 1.807) is 0 Å². The average molecular weight is 418 g/mol. The Bertz CT molecular complexity index is 1140. The molecule has 4 heterocycles. The van der Waals surface area contributed by atoms with E-state index in [0.717, 1.165) is 0 Å². The second-order valence-corrected chi connectivity index (χ2v) is 8.61. The number of aryl methyl sites for hydroxylation is 1. The van der Waals surface area contributed by atoms with Crippen molar-refractivity contribution in [3.63, 3.8) is 0 Å². The number of hydrogen-bond acceptors (Lipinski definition) is 5. The molecule has 0 saturated carbocycles. The van der Waals surface area contributed by atoms with Crippen molar-refractivity contribution >= 4 is 28.2 Å². The van der Waals surface area contributed by atoms with Crippen LogP contribution in [0.5, 0.6) is 0 Å². The molecule has 7 nitrogen and oxygen atoms in total. The summed E-state index contributed by atoms with van der Waals surface area (Å²) in [7, 11) is 3.41. The monoisotopic (exact) mass is 418 g/mol. The van der Waals surface area contributed by atoms with Crippen molar-refractivity contribution in [1.29, 1.82) is 0 Å². The van der Waals surface area contributed by atoms with Crippen LogP contribution in [0.4, 0.5) is 20.2 Å². The lowest BCUT2D eigenvalue weighted by Gasteiger charge is -2.52. The Hall–Kier alpha value is -2.52. The van der Waals surface area contributed by atoms with Crippen LogP contribution < -0.4 is 15.4 Å². The van der Waals surface area contributed by atoms with Crippen LogP contribution in [-0.4, -0.2) is 66.9 Å². The molecule has 2 atom stereocenters. The summed E-state index contributed by atoms with van der Waals surface area (Å²) in [5.41, 5.74) is 0.105. The van der Waals surface area contributed by atoms with Gasteiger partial charge in [-0.15, -0.1) is 0 Å². The van der Waals surface area contributed by atoms with E-state index in [2.05, 4.69) is 4.90 Å². The quantitative estimate of drug-likeness (QED) is 0.701. The first kappa shape index (κ1) is 19.4. The maximum atomic E-state index is 15.1. The largest absolute Gasteiger partial charge is 0.377 e. The molecular formula is C21H24F2N4O3. The molecule has 0 aliphatic carbocycles. The zero-order valence-corrected chi connectivity index (χ0v) is 17.4. The highest BCUT2D eigenvalue weighted by Gasteiger charge is 2.48. The van der Waals surface area contributed by atoms with Gasteiger partial charge >= 0.3 is 0 Å². The molecule has 0 N–H and O–H groups in total. The Balaban J connectivity index is 1.89. The summed E-state index contributed by atoms with van der Waals surface area (Å²) >= 11 is 0. The molecule has 2 fully saturated rings. The summed E-state index contributed by atoms with van der Waals surface area (Å²) < 4.78 is 36.2. The molecule has 3 aliphatic heterocycles. The van der Waals surface area contributed by atoms with E-state index in [-0.39, 0.29) is 34.8 Å². The second kappa shape index (κ2) is 6.49. The molecule has 2 unspecified atom stereocenters. The predicted octanol–water partition coefficient (Wildman–Crippen LogP) is 1.38. The number of likely N-dealkylation sites (N-methyl/N-ethyl adjacent to an activating group) is 1. The number of pyridine rings is 1. The lowest BCUT2D eigenvalue weighted by Crippen LogP contribution is -2.68. The third kappa shape index (κ3) is 2.42. The third-order valence-corrected chi connectivity index (χ3v) is 6.83. The molecule has 1 amide bonds. The number of rotatable bonds is 1. The fourth-order valence-electron chi connectivity index (χ4n) is 4.78. The molecule has 2 aromatic rings. The average Bonchev–Trinajstić information content (AvgIpc) is 2.66. The van der Waals surface area contributed by atoms with Crippen LogP contribution in [-0.2, 0) is 16.6 Å². The van der Waals surface area contributed by atoms with Gasteiger partial charge in [-0.05, 0) is 27.0 Å². The van der Waals surface area contributed by atoms with Crippen LogP contribution in [0.3, 0.4) is 0 Å². The Kier molecular flexibility index (Phi) is 4.20. The molecule has 3 aliphatic rings. The normalized spacial score (nSPS) is 24.8. The summed E-state index contributed by atoms with van der Waals surface area (Å²) in [6.07, 6.45) is 0. The maximum absolute atomic E-state index is 15.1. The van der Waals surface area contributed by atoms with Crippen molar-refractivity contribution in [2.24, 2.45) is 7.05 Å². The molecule has 30 heavy (non-hydrogen) atoms. The Labute approximate surface area is 172 Å². The highest BCUT2D eigenvalue weighted by Crippen LogP contribution is 2.43. The van der Waals surface area contributed by atoms with Gasteiger partial charge in [-0.1, -0.05) is 0 Å². The summed E-state index contributed by atoms with van der Waals surface area (Å²) in [4.78, 5) is 32.4. The zero-order chi connectivity index (χ0) is 21.5. The van der Waals surface area contributed by atoms with Crippen molar-refractivity contribution < 1.29 is 18.3 Å². The number of halogens is 2. The van der Waals surface area contributed by atoms with Gasteiger partial charge in [0.15, 0.2) is 5.82 Å². The number of ether oxygens (including phenoxy) is 1. The van der Waals surface area contributed by atoms with Crippen molar-refractivity contribution in [3.8, 4) is 0 Å². The minimum Gasteiger partial charge on any atom is -0.377 e. The van der Waals surface area contributed by atoms with Crippen molar-refractivity contribution in [2.45, 2.75) is 32.0 Å². The number of fused-ring (bicyclic) bond motifs is 5. The Morgan fingerprint density at radius 3 is 2.43 bits per heavy atom. The van der Waals surface area contributed by atoms with E-state index in [4.69, 9.17) is 4.74 Å². The van der Waals surface area contributed by atoms with Gasteiger partial charge in [0.2, 0.25) is 0 Å². The number of amides is 1. The third-order valence-electron chi connectivity index (χ3n) is 6.83. The van der Waals surface area contributed by atoms with E-state index in [1.807, 2.05) is 18.9 Å². The van der Waals surface area contributed by atoms with Gasteiger partial charge < -0.3 is 14.2 Å². The number of carbonyl (C=O) groups excluding carboxylic acids is 1. The van der Waals surface area contributed by atoms with Crippen molar-refractivity contribution in [1.82, 2.24) is 9.47 Å². The fraction of sp³-hybridized carbons (Fsp3) is 0.524. The highest BCUT2D eigenvalue weighted by atomic mass is 19.1. The van der Waals surface area contributed by atoms with E-state index in [9.17, 15) is 14.0 Å². The van der Waals surface area contributed by atoms with Crippen molar-refractivity contribution in [3.05, 3.63) is 33.6 Å². The molecule has 9 heteroatoms. The topological polar surface area (TPSA) is 58.0 Å². The molecule has 160 valence electrons. The predicted molar refractivity (Wildman–Crippen MR) is 109 cm³/mol. The lowest BCUT2D eigenvalue weighted by atomic mass is 9.96. The minimum atomic E-state index is -0.749. The van der Waals surface area contributed by atoms with Gasteiger partial charge in [-0.3, -0.25) is 19.4 Å². The first-order valence-corrected chi connectivity index (χ1v) is 10.1. The summed E-state index contributed by atoms with van der Waals surface area (Å²) in [6.45, 7) is 5.01. The van der Waals surface area contributed by atoms with E-state index < -0.39 is 23.2 Å². The molecule has 0 bridgehead atoms. The number of aromatic nitrogens is 1.